The van der Waals surface area contributed by atoms with Gasteiger partial charge in [-0.15, -0.1) is 0 Å². The van der Waals surface area contributed by atoms with Crippen molar-refractivity contribution < 1.29 is 30.6 Å². The first kappa shape index (κ1) is 18.6. The van der Waals surface area contributed by atoms with Gasteiger partial charge in [-0.2, -0.15) is 0 Å². The van der Waals surface area contributed by atoms with Crippen LogP contribution in [-0.2, 0) is 0 Å². The molecule has 1 unspecified atom stereocenters. The van der Waals surface area contributed by atoms with Crippen LogP contribution in [-0.4, -0.2) is 61.2 Å². The van der Waals surface area contributed by atoms with Gasteiger partial charge in [0.25, 0.3) is 0 Å². The summed E-state index contributed by atoms with van der Waals surface area (Å²) in [7, 11) is 0. The molecule has 6 nitrogen and oxygen atoms in total. The number of aliphatic hydroxyl groups excluding tert-OH is 6. The van der Waals surface area contributed by atoms with E-state index in [1.165, 1.54) is 13.0 Å². The lowest BCUT2D eigenvalue weighted by molar-refractivity contribution is -0.128. The van der Waals surface area contributed by atoms with Crippen LogP contribution in [0.3, 0.4) is 0 Å². The normalized spacial score (nSPS) is 19.4. The second-order valence-corrected chi connectivity index (χ2v) is 5.57. The maximum atomic E-state index is 9.87. The topological polar surface area (TPSA) is 121 Å². The minimum absolute atomic E-state index is 0.549. The van der Waals surface area contributed by atoms with Crippen molar-refractivity contribution in [2.45, 2.75) is 51.3 Å². The average molecular weight is 312 g/mol. The lowest BCUT2D eigenvalue weighted by atomic mass is 9.98. The van der Waals surface area contributed by atoms with E-state index in [2.05, 4.69) is 0 Å². The molecule has 0 spiro atoms. The Balaban J connectivity index is 2.88. The van der Waals surface area contributed by atoms with E-state index in [1.54, 1.807) is 12.1 Å². The maximum absolute atomic E-state index is 9.87. The molecule has 1 rings (SSSR count). The fourth-order valence-electron chi connectivity index (χ4n) is 1.96. The zero-order valence-electron chi connectivity index (χ0n) is 12.9. The molecule has 0 aliphatic rings. The molecule has 0 radical (unpaired) electrons. The first-order chi connectivity index (χ1) is 10.1. The molecule has 0 saturated heterocycles. The van der Waals surface area contributed by atoms with E-state index in [-0.39, 0.29) is 0 Å². The van der Waals surface area contributed by atoms with Crippen LogP contribution < -0.4 is 0 Å². The Labute approximate surface area is 129 Å². The molecule has 22 heavy (non-hydrogen) atoms. The molecule has 5 atom stereocenters. The molecule has 1 aromatic rings. The Morgan fingerprint density at radius 1 is 0.909 bits per heavy atom. The van der Waals surface area contributed by atoms with Crippen molar-refractivity contribution in [1.82, 2.24) is 0 Å². The van der Waals surface area contributed by atoms with Gasteiger partial charge >= 0.3 is 0 Å². The summed E-state index contributed by atoms with van der Waals surface area (Å²) in [5, 5.41) is 57.8. The molecule has 0 saturated carbocycles. The van der Waals surface area contributed by atoms with Gasteiger partial charge in [-0.25, -0.2) is 0 Å². The van der Waals surface area contributed by atoms with E-state index >= 15 is 0 Å². The largest absolute Gasteiger partial charge is 0.509 e. The van der Waals surface area contributed by atoms with Gasteiger partial charge in [0.05, 0.1) is 6.10 Å². The minimum atomic E-state index is -1.84. The highest BCUT2D eigenvalue weighted by atomic mass is 16.4. The van der Waals surface area contributed by atoms with Gasteiger partial charge in [0.15, 0.2) is 0 Å². The van der Waals surface area contributed by atoms with Crippen molar-refractivity contribution in [3.05, 3.63) is 40.6 Å². The quantitative estimate of drug-likeness (QED) is 0.412. The van der Waals surface area contributed by atoms with Crippen LogP contribution in [0.25, 0.3) is 6.08 Å². The average Bonchev–Trinajstić information content (AvgIpc) is 2.47. The number of hydrogen-bond acceptors (Lipinski definition) is 6. The van der Waals surface area contributed by atoms with E-state index < -0.39 is 36.3 Å². The summed E-state index contributed by atoms with van der Waals surface area (Å²) in [6.45, 7) is 5.07. The van der Waals surface area contributed by atoms with Gasteiger partial charge in [-0.05, 0) is 43.5 Å². The van der Waals surface area contributed by atoms with E-state index in [4.69, 9.17) is 0 Å². The van der Waals surface area contributed by atoms with Crippen molar-refractivity contribution in [3.63, 3.8) is 0 Å². The Hall–Kier alpha value is -1.44. The zero-order valence-corrected chi connectivity index (χ0v) is 12.9. The van der Waals surface area contributed by atoms with Gasteiger partial charge in [-0.3, -0.25) is 0 Å². The molecule has 6 heteroatoms. The second kappa shape index (κ2) is 7.71. The standard InChI is InChI=1S/C16H24O6/c1-8-4-5-11(6-9(8)2)7-12(18)14(20)16(22)15(21)13(19)10(3)17/h4-7,10,13-22H,1-3H3/t10?,13-,14+,15+,16+/m0/s1. The first-order valence-corrected chi connectivity index (χ1v) is 7.03. The predicted molar refractivity (Wildman–Crippen MR) is 82.2 cm³/mol. The summed E-state index contributed by atoms with van der Waals surface area (Å²) >= 11 is 0. The predicted octanol–water partition coefficient (Wildman–Crippen LogP) is 0.0267. The number of benzene rings is 1. The Bertz CT molecular complexity index is 525. The Morgan fingerprint density at radius 2 is 1.50 bits per heavy atom. The summed E-state index contributed by atoms with van der Waals surface area (Å²) in [6, 6.07) is 5.38. The van der Waals surface area contributed by atoms with Crippen molar-refractivity contribution >= 4 is 6.08 Å². The van der Waals surface area contributed by atoms with Gasteiger partial charge < -0.3 is 30.6 Å². The molecule has 0 fully saturated rings. The fourth-order valence-corrected chi connectivity index (χ4v) is 1.96. The molecule has 0 amide bonds. The summed E-state index contributed by atoms with van der Waals surface area (Å²) in [5.74, 6) is -0.549. The van der Waals surface area contributed by atoms with Gasteiger partial charge in [0, 0.05) is 0 Å². The third-order valence-corrected chi connectivity index (χ3v) is 3.67. The number of hydrogen-bond donors (Lipinski definition) is 6. The van der Waals surface area contributed by atoms with Gasteiger partial charge in [-0.1, -0.05) is 18.2 Å². The van der Waals surface area contributed by atoms with Gasteiger partial charge in [0.2, 0.25) is 0 Å². The molecule has 0 aliphatic heterocycles. The lowest BCUT2D eigenvalue weighted by Gasteiger charge is -2.27. The number of rotatable bonds is 6. The smallest absolute Gasteiger partial charge is 0.139 e. The van der Waals surface area contributed by atoms with Crippen molar-refractivity contribution in [2.24, 2.45) is 0 Å². The maximum Gasteiger partial charge on any atom is 0.139 e. The second-order valence-electron chi connectivity index (χ2n) is 5.57. The summed E-state index contributed by atoms with van der Waals surface area (Å²) in [4.78, 5) is 0. The molecule has 6 N–H and O–H groups in total. The van der Waals surface area contributed by atoms with E-state index in [1.807, 2.05) is 19.9 Å². The molecule has 0 aliphatic carbocycles. The zero-order chi connectivity index (χ0) is 17.0. The molecule has 0 heterocycles. The molecular formula is C16H24O6. The van der Waals surface area contributed by atoms with Crippen LogP contribution in [0.5, 0.6) is 0 Å². The number of aliphatic hydroxyl groups is 6. The van der Waals surface area contributed by atoms with E-state index in [0.29, 0.717) is 5.56 Å². The molecule has 124 valence electrons. The Morgan fingerprint density at radius 3 is 2.00 bits per heavy atom. The molecule has 0 aromatic heterocycles. The first-order valence-electron chi connectivity index (χ1n) is 7.03. The third kappa shape index (κ3) is 4.53. The highest BCUT2D eigenvalue weighted by Crippen LogP contribution is 2.17. The molecular weight excluding hydrogens is 288 g/mol. The summed E-state index contributed by atoms with van der Waals surface area (Å²) < 4.78 is 0. The highest BCUT2D eigenvalue weighted by molar-refractivity contribution is 5.54. The van der Waals surface area contributed by atoms with Crippen LogP contribution in [0.15, 0.2) is 24.0 Å². The van der Waals surface area contributed by atoms with Crippen LogP contribution in [0, 0.1) is 13.8 Å². The van der Waals surface area contributed by atoms with Crippen LogP contribution in [0.1, 0.15) is 23.6 Å². The van der Waals surface area contributed by atoms with Crippen molar-refractivity contribution in [1.29, 1.82) is 0 Å². The SMILES string of the molecule is Cc1ccc(C=C(O)[C@@H](O)[C@@H](O)[C@H](O)[C@@H](O)C(C)O)cc1C. The molecule has 1 aromatic carbocycles. The van der Waals surface area contributed by atoms with Crippen LogP contribution in [0.4, 0.5) is 0 Å². The monoisotopic (exact) mass is 312 g/mol. The van der Waals surface area contributed by atoms with Crippen molar-refractivity contribution in [2.75, 3.05) is 0 Å². The van der Waals surface area contributed by atoms with Crippen LogP contribution in [0.2, 0.25) is 0 Å². The fraction of sp³-hybridized carbons (Fsp3) is 0.500. The summed E-state index contributed by atoms with van der Waals surface area (Å²) in [6.07, 6.45) is -7.09. The van der Waals surface area contributed by atoms with E-state index in [9.17, 15) is 30.6 Å². The number of aryl methyl sites for hydroxylation is 2. The van der Waals surface area contributed by atoms with Crippen molar-refractivity contribution in [3.8, 4) is 0 Å². The minimum Gasteiger partial charge on any atom is -0.509 e. The van der Waals surface area contributed by atoms with Gasteiger partial charge in [0.1, 0.15) is 30.2 Å². The van der Waals surface area contributed by atoms with Crippen LogP contribution >= 0.6 is 0 Å². The lowest BCUT2D eigenvalue weighted by Crippen LogP contribution is -2.48. The molecule has 0 bridgehead atoms. The highest BCUT2D eigenvalue weighted by Gasteiger charge is 2.34. The summed E-state index contributed by atoms with van der Waals surface area (Å²) in [5.41, 5.74) is 2.70. The third-order valence-electron chi connectivity index (χ3n) is 3.67. The Kier molecular flexibility index (Phi) is 6.52. The van der Waals surface area contributed by atoms with E-state index in [0.717, 1.165) is 11.1 Å².